The molecule has 0 radical (unpaired) electrons. The lowest BCUT2D eigenvalue weighted by Gasteiger charge is -2.23. The minimum Gasteiger partial charge on any atom is -0.361 e. The summed E-state index contributed by atoms with van der Waals surface area (Å²) in [5, 5.41) is 18.2. The molecule has 4 atom stereocenters. The molecule has 0 fully saturated rings. The molecular formula is C39H41FN10O7S. The smallest absolute Gasteiger partial charge is 0.271 e. The Hall–Kier alpha value is -6.89. The first kappa shape index (κ1) is 40.8. The zero-order chi connectivity index (χ0) is 41.7. The minimum atomic E-state index is -1.39. The van der Waals surface area contributed by atoms with Gasteiger partial charge >= 0.3 is 0 Å². The molecule has 1 aliphatic heterocycles. The molecule has 0 saturated carbocycles. The Balaban J connectivity index is 1.33. The highest BCUT2D eigenvalue weighted by Gasteiger charge is 2.31. The Labute approximate surface area is 334 Å². The minimum absolute atomic E-state index is 0.0257. The third-order valence-electron chi connectivity index (χ3n) is 9.47. The van der Waals surface area contributed by atoms with Crippen molar-refractivity contribution in [2.75, 3.05) is 20.1 Å². The van der Waals surface area contributed by atoms with E-state index in [1.54, 1.807) is 19.2 Å². The van der Waals surface area contributed by atoms with Crippen LogP contribution in [-0.4, -0.2) is 99.5 Å². The Morgan fingerprint density at radius 3 is 2.26 bits per heavy atom. The summed E-state index contributed by atoms with van der Waals surface area (Å²) < 4.78 is 15.1. The number of aromatic nitrogens is 3. The number of hydrogen-bond donors (Lipinski definition) is 8. The molecule has 0 unspecified atom stereocenters. The number of rotatable bonds is 4. The number of carbonyl (C=O) groups is 7. The van der Waals surface area contributed by atoms with Gasteiger partial charge in [0, 0.05) is 59.5 Å². The summed E-state index contributed by atoms with van der Waals surface area (Å²) in [6.07, 6.45) is 2.97. The lowest BCUT2D eigenvalue weighted by atomic mass is 10.0. The van der Waals surface area contributed by atoms with Gasteiger partial charge in [-0.15, -0.1) is 11.3 Å². The Morgan fingerprint density at radius 1 is 0.793 bits per heavy atom. The van der Waals surface area contributed by atoms with Crippen molar-refractivity contribution in [3.63, 3.8) is 0 Å². The predicted octanol–water partition coefficient (Wildman–Crippen LogP) is 1.21. The van der Waals surface area contributed by atoms with E-state index in [1.807, 2.05) is 24.3 Å². The number of thiazole rings is 1. The summed E-state index contributed by atoms with van der Waals surface area (Å²) in [6, 6.07) is 7.24. The summed E-state index contributed by atoms with van der Waals surface area (Å²) in [6.45, 7) is 5.51. The van der Waals surface area contributed by atoms with E-state index in [4.69, 9.17) is 0 Å². The molecule has 6 rings (SSSR count). The summed E-state index contributed by atoms with van der Waals surface area (Å²) in [4.78, 5) is 105. The molecule has 0 aliphatic carbocycles. The van der Waals surface area contributed by atoms with E-state index < -0.39 is 84.4 Å². The van der Waals surface area contributed by atoms with Crippen molar-refractivity contribution in [2.24, 2.45) is 0 Å². The molecule has 302 valence electrons. The number of nitrogens with one attached hydrogen (secondary N) is 8. The fraction of sp³-hybridized carbons (Fsp3) is 0.282. The average Bonchev–Trinajstić information content (AvgIpc) is 3.95. The first-order valence-corrected chi connectivity index (χ1v) is 19.0. The zero-order valence-corrected chi connectivity index (χ0v) is 32.5. The molecular weight excluding hydrogens is 772 g/mol. The number of nitrogens with zero attached hydrogens (tertiary/aromatic N) is 2. The molecule has 0 saturated heterocycles. The number of para-hydroxylation sites is 1. The normalized spacial score (nSPS) is 21.1. The maximum atomic E-state index is 15.1. The highest BCUT2D eigenvalue weighted by atomic mass is 32.1. The average molecular weight is 813 g/mol. The summed E-state index contributed by atoms with van der Waals surface area (Å²) in [5.74, 6) is -5.79. The largest absolute Gasteiger partial charge is 0.361 e. The Kier molecular flexibility index (Phi) is 12.3. The fourth-order valence-electron chi connectivity index (χ4n) is 6.45. The highest BCUT2D eigenvalue weighted by Crippen LogP contribution is 2.24. The molecule has 7 amide bonds. The van der Waals surface area contributed by atoms with Crippen molar-refractivity contribution in [1.29, 1.82) is 0 Å². The number of H-pyrrole nitrogens is 2. The third kappa shape index (κ3) is 9.38. The van der Waals surface area contributed by atoms with E-state index in [0.29, 0.717) is 21.7 Å². The highest BCUT2D eigenvalue weighted by molar-refractivity contribution is 7.09. The van der Waals surface area contributed by atoms with Crippen molar-refractivity contribution < 1.29 is 38.0 Å². The lowest BCUT2D eigenvalue weighted by molar-refractivity contribution is -0.133. The van der Waals surface area contributed by atoms with Gasteiger partial charge in [0.05, 0.1) is 24.8 Å². The molecule has 2 aromatic carbocycles. The van der Waals surface area contributed by atoms with Crippen LogP contribution in [0.5, 0.6) is 0 Å². The second-order valence-corrected chi connectivity index (χ2v) is 14.7. The molecule has 58 heavy (non-hydrogen) atoms. The molecule has 19 heteroatoms. The maximum absolute atomic E-state index is 15.1. The van der Waals surface area contributed by atoms with Gasteiger partial charge < -0.3 is 46.8 Å². The van der Waals surface area contributed by atoms with Crippen LogP contribution in [-0.2, 0) is 41.6 Å². The van der Waals surface area contributed by atoms with Gasteiger partial charge in [-0.2, -0.15) is 0 Å². The van der Waals surface area contributed by atoms with Crippen LogP contribution in [0.2, 0.25) is 0 Å². The number of amides is 7. The van der Waals surface area contributed by atoms with Crippen LogP contribution in [0.4, 0.5) is 4.39 Å². The molecule has 5 aromatic rings. The van der Waals surface area contributed by atoms with E-state index in [1.165, 1.54) is 37.7 Å². The van der Waals surface area contributed by atoms with Crippen LogP contribution >= 0.6 is 11.3 Å². The Bertz CT molecular complexity index is 2440. The number of benzene rings is 2. The monoisotopic (exact) mass is 812 g/mol. The van der Waals surface area contributed by atoms with Crippen molar-refractivity contribution in [3.05, 3.63) is 100 Å². The predicted molar refractivity (Wildman–Crippen MR) is 211 cm³/mol. The van der Waals surface area contributed by atoms with Gasteiger partial charge in [0.15, 0.2) is 0 Å². The molecule has 1 aliphatic rings. The fourth-order valence-corrected chi connectivity index (χ4v) is 7.25. The van der Waals surface area contributed by atoms with E-state index in [2.05, 4.69) is 53.4 Å². The van der Waals surface area contributed by atoms with Gasteiger partial charge in [0.2, 0.25) is 29.5 Å². The second-order valence-electron chi connectivity index (χ2n) is 13.8. The molecule has 2 bridgehead atoms. The maximum Gasteiger partial charge on any atom is 0.271 e. The number of likely N-dealkylation sites (N-methyl/N-ethyl adjacent to an activating group) is 1. The van der Waals surface area contributed by atoms with Gasteiger partial charge in [-0.3, -0.25) is 33.6 Å². The van der Waals surface area contributed by atoms with Crippen molar-refractivity contribution >= 4 is 74.5 Å². The number of aromatic amines is 2. The van der Waals surface area contributed by atoms with Gasteiger partial charge in [0.1, 0.15) is 34.6 Å². The third-order valence-corrected chi connectivity index (χ3v) is 10.5. The topological polar surface area (TPSA) is 239 Å². The second kappa shape index (κ2) is 17.5. The van der Waals surface area contributed by atoms with E-state index >= 15 is 4.39 Å². The van der Waals surface area contributed by atoms with Crippen molar-refractivity contribution in [1.82, 2.24) is 51.8 Å². The number of fused-ring (bicyclic) bond motifs is 4. The quantitative estimate of drug-likeness (QED) is 0.123. The van der Waals surface area contributed by atoms with Gasteiger partial charge in [-0.05, 0) is 43.2 Å². The molecule has 4 heterocycles. The molecule has 8 N–H and O–H groups in total. The van der Waals surface area contributed by atoms with Crippen LogP contribution in [0.1, 0.15) is 46.5 Å². The van der Waals surface area contributed by atoms with Crippen LogP contribution < -0.4 is 31.9 Å². The first-order valence-electron chi connectivity index (χ1n) is 18.2. The van der Waals surface area contributed by atoms with E-state index in [-0.39, 0.29) is 29.6 Å². The van der Waals surface area contributed by atoms with Crippen LogP contribution in [0.15, 0.2) is 72.5 Å². The van der Waals surface area contributed by atoms with E-state index in [0.717, 1.165) is 27.1 Å². The number of hydrogen-bond acceptors (Lipinski definition) is 9. The number of halogens is 1. The van der Waals surface area contributed by atoms with Crippen LogP contribution in [0.3, 0.4) is 0 Å². The molecule has 3 aromatic heterocycles. The summed E-state index contributed by atoms with van der Waals surface area (Å²) in [7, 11) is 1.33. The lowest BCUT2D eigenvalue weighted by Crippen LogP contribution is -2.56. The molecule has 0 spiro atoms. The standard InChI is InChI=1S/C39H41FN10O7S/c1-19-34(53)46-21(3)39(57)50(4)17-32(52)45-20(2)38-49-30(18-58-38)37(56)48-29(12-22-14-41-26-10-6-5-8-24(22)26)36(55)47-28(35(54)43-16-31(51)44-19)13-23-15-42-27-11-7-9-25(40)33(23)27/h5-11,14-15,18-20,28-29,41-42H,3,12-13,16-17H2,1-2,4H3,(H,43,54)(H,44,51)(H,45,52)(H,46,53)(H,47,55)(H,48,56)/t19-,20-,28+,29+/m1/s1. The van der Waals surface area contributed by atoms with E-state index in [9.17, 15) is 33.6 Å². The molecule has 17 nitrogen and oxygen atoms in total. The number of carbonyl (C=O) groups excluding carboxylic acids is 7. The van der Waals surface area contributed by atoms with Gasteiger partial charge in [-0.1, -0.05) is 30.8 Å². The SMILES string of the molecule is C=C1NC(=O)[C@@H](C)NC(=O)CNC(=O)[C@H](Cc2c[nH]c3cccc(F)c23)NC(=O)[C@H](Cc2c[nH]c3ccccc23)NC(=O)c2csc(n2)[C@@H](C)NC(=O)CN(C)C1=O. The van der Waals surface area contributed by atoms with Gasteiger partial charge in [-0.25, -0.2) is 9.37 Å². The zero-order valence-electron chi connectivity index (χ0n) is 31.7. The van der Waals surface area contributed by atoms with Crippen molar-refractivity contribution in [2.45, 2.75) is 50.9 Å². The van der Waals surface area contributed by atoms with Crippen LogP contribution in [0, 0.1) is 5.82 Å². The Morgan fingerprint density at radius 2 is 1.47 bits per heavy atom. The van der Waals surface area contributed by atoms with Crippen LogP contribution in [0.25, 0.3) is 21.8 Å². The van der Waals surface area contributed by atoms with Crippen molar-refractivity contribution in [3.8, 4) is 0 Å². The van der Waals surface area contributed by atoms with Gasteiger partial charge in [0.25, 0.3) is 11.8 Å². The summed E-state index contributed by atoms with van der Waals surface area (Å²) >= 11 is 1.09. The summed E-state index contributed by atoms with van der Waals surface area (Å²) in [5.41, 5.74) is 1.87. The first-order chi connectivity index (χ1) is 27.7.